The Morgan fingerprint density at radius 1 is 0.397 bits per heavy atom. The molecule has 0 spiro atoms. The zero-order valence-corrected chi connectivity index (χ0v) is 34.3. The van der Waals surface area contributed by atoms with Crippen molar-refractivity contribution in [2.45, 2.75) is 0 Å². The van der Waals surface area contributed by atoms with Crippen molar-refractivity contribution in [1.82, 2.24) is 29.5 Å². The second kappa shape index (κ2) is 14.1. The number of hydrogen-bond donors (Lipinski definition) is 0. The Labute approximate surface area is 364 Å². The van der Waals surface area contributed by atoms with Gasteiger partial charge in [-0.15, -0.1) is 11.3 Å². The van der Waals surface area contributed by atoms with Gasteiger partial charge >= 0.3 is 0 Å². The Hall–Kier alpha value is -8.33. The maximum atomic E-state index is 6.55. The van der Waals surface area contributed by atoms with E-state index in [4.69, 9.17) is 29.3 Å². The maximum Gasteiger partial charge on any atom is 0.180 e. The Balaban J connectivity index is 1.05. The lowest BCUT2D eigenvalue weighted by atomic mass is 10.0. The molecular weight excluding hydrogens is 793 g/mol. The summed E-state index contributed by atoms with van der Waals surface area (Å²) in [5.74, 6) is 2.47. The molecule has 0 amide bonds. The first kappa shape index (κ1) is 35.4. The summed E-state index contributed by atoms with van der Waals surface area (Å²) in [6.07, 6.45) is 0. The molecule has 294 valence electrons. The third kappa shape index (κ3) is 5.69. The van der Waals surface area contributed by atoms with E-state index in [0.717, 1.165) is 97.7 Å². The van der Waals surface area contributed by atoms with E-state index >= 15 is 0 Å². The number of fused-ring (bicyclic) bond motifs is 9. The smallest absolute Gasteiger partial charge is 0.180 e. The number of para-hydroxylation sites is 3. The van der Waals surface area contributed by atoms with E-state index < -0.39 is 0 Å². The molecule has 0 saturated heterocycles. The van der Waals surface area contributed by atoms with E-state index in [0.29, 0.717) is 28.9 Å². The lowest BCUT2D eigenvalue weighted by Gasteiger charge is -2.11. The molecule has 0 saturated carbocycles. The first-order valence-corrected chi connectivity index (χ1v) is 21.7. The summed E-state index contributed by atoms with van der Waals surface area (Å²) in [4.78, 5) is 26.2. The largest absolute Gasteiger partial charge is 0.452 e. The average molecular weight is 825 g/mol. The molecule has 5 aromatic heterocycles. The van der Waals surface area contributed by atoms with Crippen molar-refractivity contribution in [3.05, 3.63) is 194 Å². The average Bonchev–Trinajstić information content (AvgIpc) is 4.04. The number of thiophene rings is 1. The summed E-state index contributed by atoms with van der Waals surface area (Å²) in [6.45, 7) is 0. The molecule has 13 rings (SSSR count). The van der Waals surface area contributed by atoms with Crippen LogP contribution in [0.5, 0.6) is 0 Å². The van der Waals surface area contributed by atoms with Crippen molar-refractivity contribution in [2.24, 2.45) is 0 Å². The normalized spacial score (nSPS) is 11.8. The van der Waals surface area contributed by atoms with Gasteiger partial charge in [0.2, 0.25) is 0 Å². The summed E-state index contributed by atoms with van der Waals surface area (Å²) in [5, 5.41) is 5.34. The van der Waals surface area contributed by atoms with E-state index in [-0.39, 0.29) is 0 Å². The van der Waals surface area contributed by atoms with Crippen LogP contribution < -0.4 is 0 Å². The zero-order chi connectivity index (χ0) is 41.4. The molecule has 7 nitrogen and oxygen atoms in total. The van der Waals surface area contributed by atoms with Crippen LogP contribution in [0.25, 0.3) is 127 Å². The van der Waals surface area contributed by atoms with Crippen LogP contribution in [0.2, 0.25) is 0 Å². The molecule has 0 atom stereocenters. The van der Waals surface area contributed by atoms with E-state index in [1.54, 1.807) is 11.3 Å². The number of rotatable bonds is 6. The van der Waals surface area contributed by atoms with Gasteiger partial charge in [-0.1, -0.05) is 140 Å². The number of nitrogens with zero attached hydrogens (tertiary/aromatic N) is 6. The zero-order valence-electron chi connectivity index (χ0n) is 33.5. The molecule has 0 aliphatic rings. The molecule has 0 aliphatic heterocycles. The molecule has 63 heavy (non-hydrogen) atoms. The van der Waals surface area contributed by atoms with Gasteiger partial charge in [0.15, 0.2) is 28.9 Å². The van der Waals surface area contributed by atoms with Crippen LogP contribution in [0.4, 0.5) is 0 Å². The van der Waals surface area contributed by atoms with Crippen molar-refractivity contribution in [3.63, 3.8) is 0 Å². The van der Waals surface area contributed by atoms with E-state index in [1.165, 1.54) is 0 Å². The van der Waals surface area contributed by atoms with Gasteiger partial charge in [0.25, 0.3) is 0 Å². The molecule has 0 aliphatic carbocycles. The van der Waals surface area contributed by atoms with Gasteiger partial charge in [-0.3, -0.25) is 0 Å². The van der Waals surface area contributed by atoms with Gasteiger partial charge in [0.1, 0.15) is 16.8 Å². The van der Waals surface area contributed by atoms with Crippen molar-refractivity contribution in [3.8, 4) is 62.5 Å². The summed E-state index contributed by atoms with van der Waals surface area (Å²) in [6, 6.07) is 66.8. The molecule has 0 radical (unpaired) electrons. The molecular formula is C55H32N6OS. The van der Waals surface area contributed by atoms with Crippen molar-refractivity contribution in [1.29, 1.82) is 0 Å². The Kier molecular flexibility index (Phi) is 7.94. The highest BCUT2D eigenvalue weighted by atomic mass is 32.1. The molecule has 0 bridgehead atoms. The van der Waals surface area contributed by atoms with Crippen LogP contribution in [0.15, 0.2) is 199 Å². The first-order chi connectivity index (χ1) is 31.2. The third-order valence-corrected chi connectivity index (χ3v) is 13.0. The fraction of sp³-hybridized carbons (Fsp3) is 0. The van der Waals surface area contributed by atoms with Crippen molar-refractivity contribution < 1.29 is 4.42 Å². The number of hydrogen-bond acceptors (Lipinski definition) is 7. The van der Waals surface area contributed by atoms with Gasteiger partial charge in [-0.05, 0) is 54.6 Å². The predicted octanol–water partition coefficient (Wildman–Crippen LogP) is 14.4. The highest BCUT2D eigenvalue weighted by molar-refractivity contribution is 7.26. The Bertz CT molecular complexity index is 3910. The van der Waals surface area contributed by atoms with Crippen molar-refractivity contribution >= 4 is 75.4 Å². The fourth-order valence-electron chi connectivity index (χ4n) is 9.06. The van der Waals surface area contributed by atoms with Crippen LogP contribution in [0.3, 0.4) is 0 Å². The summed E-state index contributed by atoms with van der Waals surface area (Å²) >= 11 is 1.76. The van der Waals surface area contributed by atoms with Gasteiger partial charge < -0.3 is 8.98 Å². The minimum absolute atomic E-state index is 0.603. The summed E-state index contributed by atoms with van der Waals surface area (Å²) in [5.41, 5.74) is 10.9. The van der Waals surface area contributed by atoms with E-state index in [9.17, 15) is 0 Å². The Morgan fingerprint density at radius 3 is 1.76 bits per heavy atom. The number of furan rings is 1. The van der Waals surface area contributed by atoms with Crippen molar-refractivity contribution in [2.75, 3.05) is 0 Å². The topological polar surface area (TPSA) is 82.5 Å². The standard InChI is InChI=1S/C55H32N6OS/c1-4-16-33(17-5-1)52-56-49(51-50(57-52)38-23-11-13-28-44(38)62-51)35-30-31-45-41(32-35)48-40(25-15-29-46(48)63-45)55-59-53(34-18-6-2-7-19-34)58-54(60-55)39-24-14-27-43-47(39)37-22-10-12-26-42(37)61(43)36-20-8-3-9-21-36/h1-32H. The quantitative estimate of drug-likeness (QED) is 0.166. The first-order valence-electron chi connectivity index (χ1n) is 20.8. The molecule has 13 aromatic rings. The Morgan fingerprint density at radius 2 is 1.00 bits per heavy atom. The molecule has 8 heteroatoms. The predicted molar refractivity (Wildman–Crippen MR) is 257 cm³/mol. The molecule has 0 unspecified atom stereocenters. The van der Waals surface area contributed by atoms with E-state index in [1.807, 2.05) is 66.7 Å². The lowest BCUT2D eigenvalue weighted by Crippen LogP contribution is -2.01. The number of benzene rings is 8. The fourth-order valence-corrected chi connectivity index (χ4v) is 10.2. The summed E-state index contributed by atoms with van der Waals surface area (Å²) in [7, 11) is 0. The van der Waals surface area contributed by atoms with Gasteiger partial charge in [-0.25, -0.2) is 24.9 Å². The van der Waals surface area contributed by atoms with Crippen LogP contribution >= 0.6 is 11.3 Å². The second-order valence-electron chi connectivity index (χ2n) is 15.6. The van der Waals surface area contributed by atoms with Crippen LogP contribution in [0, 0.1) is 0 Å². The lowest BCUT2D eigenvalue weighted by molar-refractivity contribution is 0.667. The minimum Gasteiger partial charge on any atom is -0.452 e. The molecule has 0 N–H and O–H groups in total. The highest BCUT2D eigenvalue weighted by Crippen LogP contribution is 2.44. The monoisotopic (exact) mass is 824 g/mol. The van der Waals surface area contributed by atoms with Crippen LogP contribution in [-0.2, 0) is 0 Å². The van der Waals surface area contributed by atoms with Gasteiger partial charge in [-0.2, -0.15) is 0 Å². The molecule has 8 aromatic carbocycles. The highest BCUT2D eigenvalue weighted by Gasteiger charge is 2.23. The van der Waals surface area contributed by atoms with Gasteiger partial charge in [0.05, 0.1) is 11.0 Å². The minimum atomic E-state index is 0.603. The van der Waals surface area contributed by atoms with E-state index in [2.05, 4.69) is 132 Å². The number of aromatic nitrogens is 6. The van der Waals surface area contributed by atoms with Crippen LogP contribution in [0.1, 0.15) is 0 Å². The molecule has 0 fully saturated rings. The second-order valence-corrected chi connectivity index (χ2v) is 16.7. The summed E-state index contributed by atoms with van der Waals surface area (Å²) < 4.78 is 11.2. The third-order valence-electron chi connectivity index (χ3n) is 11.9. The molecule has 5 heterocycles. The SMILES string of the molecule is c1ccc(-c2nc(-c3cccc4sc5ccc(-c6nc(-c7ccccc7)nc7c6oc6ccccc67)cc5c34)nc(-c3cccc4c3c3ccccc3n4-c3ccccc3)n2)cc1. The maximum absolute atomic E-state index is 6.55. The van der Waals surface area contributed by atoms with Gasteiger partial charge in [0, 0.05) is 69.8 Å². The van der Waals surface area contributed by atoms with Crippen LogP contribution in [-0.4, -0.2) is 29.5 Å².